The Morgan fingerprint density at radius 2 is 0.532 bits per heavy atom. The van der Waals surface area contributed by atoms with E-state index in [2.05, 4.69) is 372 Å². The lowest BCUT2D eigenvalue weighted by Crippen LogP contribution is -2.14. The molecule has 0 aliphatic carbocycles. The number of rotatable bonds is 7. The second kappa shape index (κ2) is 29.4. The highest BCUT2D eigenvalue weighted by molar-refractivity contribution is 6.07. The van der Waals surface area contributed by atoms with Gasteiger partial charge in [0.05, 0.1) is 124 Å². The average Bonchev–Trinajstić information content (AvgIpc) is 1.58. The molecular weight excluding hydrogens is 1520 g/mol. The fourth-order valence-electron chi connectivity index (χ4n) is 18.1. The minimum absolute atomic E-state index is 0.842. The molecule has 23 aromatic rings. The molecule has 580 valence electrons. The van der Waals surface area contributed by atoms with Crippen LogP contribution in [0.5, 0.6) is 0 Å². The highest BCUT2D eigenvalue weighted by atomic mass is 15.4. The first kappa shape index (κ1) is 71.0. The third-order valence-electron chi connectivity index (χ3n) is 23.8. The largest absolute Gasteiger partial charge is 0.280 e. The molecule has 26 rings (SSSR count). The van der Waals surface area contributed by atoms with E-state index in [1.54, 1.807) is 6.20 Å². The minimum atomic E-state index is 0.842. The summed E-state index contributed by atoms with van der Waals surface area (Å²) in [6.45, 7) is 0. The predicted molar refractivity (Wildman–Crippen MR) is 503 cm³/mol. The third-order valence-corrected chi connectivity index (χ3v) is 23.8. The predicted octanol–water partition coefficient (Wildman–Crippen LogP) is 27.1. The van der Waals surface area contributed by atoms with Crippen LogP contribution < -0.4 is 14.7 Å². The van der Waals surface area contributed by atoms with Crippen LogP contribution in [0.4, 0.5) is 52.0 Å². The molecule has 3 aliphatic rings. The Labute approximate surface area is 712 Å². The Hall–Kier alpha value is -17.2. The van der Waals surface area contributed by atoms with Gasteiger partial charge >= 0.3 is 0 Å². The molecule has 12 heterocycles. The first-order valence-corrected chi connectivity index (χ1v) is 41.4. The van der Waals surface area contributed by atoms with Crippen LogP contribution in [0.15, 0.2) is 419 Å². The fourth-order valence-corrected chi connectivity index (χ4v) is 18.1. The van der Waals surface area contributed by atoms with Crippen LogP contribution in [0.2, 0.25) is 0 Å². The van der Waals surface area contributed by atoms with Crippen LogP contribution in [0.1, 0.15) is 0 Å². The van der Waals surface area contributed by atoms with Crippen LogP contribution >= 0.6 is 0 Å². The standard InChI is InChI=1S/C43H27N5.C37H23N5.C29H19N5/c1-2-11-28(12-3-1)35-25-23-29-21-22-30-24-26-36(45-42(30)41(29)44-35)31-13-10-14-32(27-31)47-38-18-7-4-15-33(38)34-16-5-8-19-39(34)48-40-20-9-6-17-37(40)46-43(47)48;1-4-15-32-28(12-1)29-13-2-5-16-33(29)42-34-17-6-3-14-31(34)40-37(42)41(32)27-11-7-9-26(23-27)30-21-20-25-19-18-24-10-8-22-38-35(24)36(25)39-30;1-4-12-26-22(9-1)23-10-2-5-13-27(23)34-28-14-6-3-11-25(28)32-29(34)33(26)21-15-16-24(31-19-21)20-8-7-17-30-18-20/h1-27H;1-23H;1-19H. The maximum atomic E-state index is 5.27. The molecule has 0 atom stereocenters. The molecule has 0 radical (unpaired) electrons. The summed E-state index contributed by atoms with van der Waals surface area (Å²) < 4.78 is 6.82. The molecule has 9 aromatic heterocycles. The molecule has 14 aromatic carbocycles. The highest BCUT2D eigenvalue weighted by Gasteiger charge is 2.34. The number of hydrogen-bond acceptors (Lipinski definition) is 12. The second-order valence-electron chi connectivity index (χ2n) is 30.9. The molecule has 0 saturated heterocycles. The Balaban J connectivity index is 0.000000106. The lowest BCUT2D eigenvalue weighted by Gasteiger charge is -2.25. The molecule has 15 nitrogen and oxygen atoms in total. The summed E-state index contributed by atoms with van der Waals surface area (Å²) in [5.41, 5.74) is 34.0. The van der Waals surface area contributed by atoms with Gasteiger partial charge in [-0.15, -0.1) is 0 Å². The molecule has 0 saturated carbocycles. The maximum absolute atomic E-state index is 5.27. The number of aromatic nitrogens is 12. The summed E-state index contributed by atoms with van der Waals surface area (Å²) >= 11 is 0. The van der Waals surface area contributed by atoms with E-state index in [4.69, 9.17) is 34.9 Å². The number of nitrogens with zero attached hydrogens (tertiary/aromatic N) is 15. The van der Waals surface area contributed by atoms with E-state index in [-0.39, 0.29) is 0 Å². The lowest BCUT2D eigenvalue weighted by molar-refractivity contribution is 1.05. The molecule has 0 fully saturated rings. The van der Waals surface area contributed by atoms with Gasteiger partial charge in [0, 0.05) is 107 Å². The summed E-state index contributed by atoms with van der Waals surface area (Å²) in [5, 5.41) is 4.30. The topological polar surface area (TPSA) is 141 Å². The summed E-state index contributed by atoms with van der Waals surface area (Å²) in [5.74, 6) is 2.54. The van der Waals surface area contributed by atoms with Crippen molar-refractivity contribution in [3.8, 4) is 95.5 Å². The Morgan fingerprint density at radius 1 is 0.194 bits per heavy atom. The van der Waals surface area contributed by atoms with Gasteiger partial charge in [-0.1, -0.05) is 249 Å². The van der Waals surface area contributed by atoms with E-state index in [0.29, 0.717) is 0 Å². The van der Waals surface area contributed by atoms with Crippen LogP contribution in [-0.2, 0) is 0 Å². The normalized spacial score (nSPS) is 12.1. The van der Waals surface area contributed by atoms with Crippen LogP contribution in [0.25, 0.3) is 172 Å². The van der Waals surface area contributed by atoms with E-state index in [9.17, 15) is 0 Å². The Morgan fingerprint density at radius 3 is 0.960 bits per heavy atom. The van der Waals surface area contributed by atoms with Gasteiger partial charge in [-0.05, 0) is 146 Å². The molecular formula is C109H69N15. The number of hydrogen-bond donors (Lipinski definition) is 0. The number of imidazole rings is 3. The van der Waals surface area contributed by atoms with Gasteiger partial charge in [0.25, 0.3) is 0 Å². The highest BCUT2D eigenvalue weighted by Crippen LogP contribution is 2.52. The van der Waals surface area contributed by atoms with Crippen molar-refractivity contribution in [2.45, 2.75) is 0 Å². The minimum Gasteiger partial charge on any atom is -0.280 e. The van der Waals surface area contributed by atoms with Gasteiger partial charge < -0.3 is 0 Å². The average molecular weight is 1590 g/mol. The van der Waals surface area contributed by atoms with Gasteiger partial charge in [-0.2, -0.15) is 0 Å². The Kier molecular flexibility index (Phi) is 16.8. The van der Waals surface area contributed by atoms with Crippen molar-refractivity contribution < 1.29 is 0 Å². The number of para-hydroxylation sites is 12. The maximum Gasteiger partial charge on any atom is 0.220 e. The zero-order valence-corrected chi connectivity index (χ0v) is 66.5. The van der Waals surface area contributed by atoms with Crippen molar-refractivity contribution in [2.75, 3.05) is 14.7 Å². The van der Waals surface area contributed by atoms with Crippen molar-refractivity contribution >= 4 is 129 Å². The third kappa shape index (κ3) is 11.9. The van der Waals surface area contributed by atoms with Crippen molar-refractivity contribution in [1.29, 1.82) is 0 Å². The molecule has 0 spiro atoms. The smallest absolute Gasteiger partial charge is 0.220 e. The molecule has 124 heavy (non-hydrogen) atoms. The molecule has 15 heteroatoms. The van der Waals surface area contributed by atoms with Crippen molar-refractivity contribution in [3.63, 3.8) is 0 Å². The number of anilines is 9. The second-order valence-corrected chi connectivity index (χ2v) is 30.9. The SMILES string of the molecule is c1cc(-c2ccc3ccc4cccnc4c3n2)cc(N2c3ccccc3-c3ccccc3-n3c2nc2ccccc23)c1.c1ccc(-c2ccc3ccc4ccc(-c5cccc(N6c7ccccc7-c7ccccc7-n7c6nc6ccccc67)c5)nc4c3n2)cc1.c1cncc(-c2ccc(N3c4ccccc4-c4ccccc4-n4c3nc3ccccc34)cn2)c1. The summed E-state index contributed by atoms with van der Waals surface area (Å²) in [6, 6.07) is 137. The van der Waals surface area contributed by atoms with Gasteiger partial charge in [-0.25, -0.2) is 29.9 Å². The van der Waals surface area contributed by atoms with E-state index in [1.807, 2.05) is 79.3 Å². The zero-order valence-electron chi connectivity index (χ0n) is 66.5. The molecule has 3 aliphatic heterocycles. The first-order valence-electron chi connectivity index (χ1n) is 41.4. The van der Waals surface area contributed by atoms with Crippen LogP contribution in [0.3, 0.4) is 0 Å². The quantitative estimate of drug-likeness (QED) is 0.140. The van der Waals surface area contributed by atoms with E-state index in [0.717, 1.165) is 207 Å². The monoisotopic (exact) mass is 1590 g/mol. The molecule has 0 bridgehead atoms. The Bertz CT molecular complexity index is 8180. The fraction of sp³-hybridized carbons (Fsp3) is 0. The van der Waals surface area contributed by atoms with Crippen molar-refractivity contribution in [1.82, 2.24) is 58.6 Å². The summed E-state index contributed by atoms with van der Waals surface area (Å²) in [7, 11) is 0. The molecule has 0 unspecified atom stereocenters. The van der Waals surface area contributed by atoms with E-state index in [1.165, 1.54) is 16.7 Å². The molecule has 0 amide bonds. The number of benzene rings is 14. The van der Waals surface area contributed by atoms with Gasteiger partial charge in [0.1, 0.15) is 0 Å². The van der Waals surface area contributed by atoms with Crippen LogP contribution in [0, 0.1) is 0 Å². The number of fused-ring (bicyclic) bond motifs is 27. The zero-order chi connectivity index (χ0) is 81.7. The number of pyridine rings is 6. The van der Waals surface area contributed by atoms with Crippen molar-refractivity contribution in [2.24, 2.45) is 0 Å². The van der Waals surface area contributed by atoms with Crippen LogP contribution in [-0.4, -0.2) is 58.6 Å². The van der Waals surface area contributed by atoms with Gasteiger partial charge in [-0.3, -0.25) is 43.4 Å². The summed E-state index contributed by atoms with van der Waals surface area (Å²) in [4.78, 5) is 51.5. The first-order chi connectivity index (χ1) is 61.5. The van der Waals surface area contributed by atoms with Crippen molar-refractivity contribution in [3.05, 3.63) is 419 Å². The van der Waals surface area contributed by atoms with Gasteiger partial charge in [0.15, 0.2) is 0 Å². The molecule has 0 N–H and O–H groups in total. The van der Waals surface area contributed by atoms with Gasteiger partial charge in [0.2, 0.25) is 17.8 Å². The van der Waals surface area contributed by atoms with E-state index >= 15 is 0 Å². The van der Waals surface area contributed by atoms with E-state index < -0.39 is 0 Å². The summed E-state index contributed by atoms with van der Waals surface area (Å²) in [6.07, 6.45) is 7.35. The lowest BCUT2D eigenvalue weighted by atomic mass is 10.0.